The van der Waals surface area contributed by atoms with E-state index in [-0.39, 0.29) is 0 Å². The van der Waals surface area contributed by atoms with E-state index in [1.807, 2.05) is 10.9 Å². The molecule has 20 heavy (non-hydrogen) atoms. The van der Waals surface area contributed by atoms with Crippen molar-refractivity contribution in [2.75, 3.05) is 6.54 Å². The number of nitrogens with zero attached hydrogens (tertiary/aromatic N) is 2. The van der Waals surface area contributed by atoms with Gasteiger partial charge in [-0.1, -0.05) is 17.7 Å². The number of hydrogen-bond acceptors (Lipinski definition) is 2. The normalized spacial score (nSPS) is 18.7. The number of aryl methyl sites for hydroxylation is 4. The molecular formula is C17H23N3. The summed E-state index contributed by atoms with van der Waals surface area (Å²) in [5.74, 6) is 0. The van der Waals surface area contributed by atoms with Crippen LogP contribution >= 0.6 is 0 Å². The summed E-state index contributed by atoms with van der Waals surface area (Å²) < 4.78 is 2.04. The van der Waals surface area contributed by atoms with Crippen molar-refractivity contribution in [3.63, 3.8) is 0 Å². The number of hydrogen-bond donors (Lipinski definition) is 1. The van der Waals surface area contributed by atoms with Crippen molar-refractivity contribution in [1.82, 2.24) is 15.1 Å². The van der Waals surface area contributed by atoms with Crippen LogP contribution in [-0.4, -0.2) is 16.3 Å². The minimum atomic E-state index is 0.442. The van der Waals surface area contributed by atoms with Gasteiger partial charge in [-0.3, -0.25) is 4.68 Å². The monoisotopic (exact) mass is 269 g/mol. The Morgan fingerprint density at radius 2 is 1.90 bits per heavy atom. The zero-order chi connectivity index (χ0) is 14.3. The predicted molar refractivity (Wildman–Crippen MR) is 82.8 cm³/mol. The van der Waals surface area contributed by atoms with E-state index in [1.54, 1.807) is 0 Å². The fourth-order valence-electron chi connectivity index (χ4n) is 3.58. The first-order valence-electron chi connectivity index (χ1n) is 7.41. The van der Waals surface area contributed by atoms with E-state index >= 15 is 0 Å². The SMILES string of the molecule is Cc1cc(C)c(-c2cnn(C)c2C2CCCN2)c(C)c1. The quantitative estimate of drug-likeness (QED) is 0.905. The fraction of sp³-hybridized carbons (Fsp3) is 0.471. The average Bonchev–Trinajstić information content (AvgIpc) is 2.97. The van der Waals surface area contributed by atoms with E-state index < -0.39 is 0 Å². The molecule has 1 aromatic heterocycles. The number of rotatable bonds is 2. The van der Waals surface area contributed by atoms with Gasteiger partial charge in [-0.25, -0.2) is 0 Å². The highest BCUT2D eigenvalue weighted by Crippen LogP contribution is 2.35. The zero-order valence-electron chi connectivity index (χ0n) is 12.8. The van der Waals surface area contributed by atoms with Crippen LogP contribution in [0.15, 0.2) is 18.3 Å². The third-order valence-corrected chi connectivity index (χ3v) is 4.32. The Bertz CT molecular complexity index is 611. The summed E-state index contributed by atoms with van der Waals surface area (Å²) in [4.78, 5) is 0. The molecule has 3 nitrogen and oxygen atoms in total. The van der Waals surface area contributed by atoms with Gasteiger partial charge >= 0.3 is 0 Å². The lowest BCUT2D eigenvalue weighted by molar-refractivity contribution is 0.575. The maximum Gasteiger partial charge on any atom is 0.0628 e. The molecule has 2 heterocycles. The van der Waals surface area contributed by atoms with Crippen molar-refractivity contribution in [2.24, 2.45) is 7.05 Å². The van der Waals surface area contributed by atoms with Crippen LogP contribution in [0.1, 0.15) is 41.3 Å². The molecule has 1 aliphatic heterocycles. The van der Waals surface area contributed by atoms with Crippen molar-refractivity contribution in [3.05, 3.63) is 40.7 Å². The fourth-order valence-corrected chi connectivity index (χ4v) is 3.58. The summed E-state index contributed by atoms with van der Waals surface area (Å²) in [5.41, 5.74) is 7.99. The molecule has 0 aliphatic carbocycles. The second-order valence-corrected chi connectivity index (χ2v) is 5.99. The first-order valence-corrected chi connectivity index (χ1v) is 7.41. The van der Waals surface area contributed by atoms with E-state index in [4.69, 9.17) is 0 Å². The Morgan fingerprint density at radius 1 is 1.20 bits per heavy atom. The Kier molecular flexibility index (Phi) is 3.38. The summed E-state index contributed by atoms with van der Waals surface area (Å²) in [6.45, 7) is 7.68. The van der Waals surface area contributed by atoms with Gasteiger partial charge in [0.25, 0.3) is 0 Å². The van der Waals surface area contributed by atoms with Gasteiger partial charge in [-0.05, 0) is 56.8 Å². The third kappa shape index (κ3) is 2.16. The topological polar surface area (TPSA) is 29.9 Å². The molecule has 1 aliphatic rings. The van der Waals surface area contributed by atoms with E-state index in [0.29, 0.717) is 6.04 Å². The first kappa shape index (κ1) is 13.4. The Morgan fingerprint density at radius 3 is 2.50 bits per heavy atom. The molecule has 0 bridgehead atoms. The van der Waals surface area contributed by atoms with Crippen molar-refractivity contribution in [3.8, 4) is 11.1 Å². The van der Waals surface area contributed by atoms with Gasteiger partial charge in [0.1, 0.15) is 0 Å². The Labute approximate surface area is 121 Å². The van der Waals surface area contributed by atoms with Crippen molar-refractivity contribution < 1.29 is 0 Å². The van der Waals surface area contributed by atoms with Gasteiger partial charge in [0.2, 0.25) is 0 Å². The molecule has 1 fully saturated rings. The second kappa shape index (κ2) is 5.06. The lowest BCUT2D eigenvalue weighted by Crippen LogP contribution is -2.17. The van der Waals surface area contributed by atoms with Crippen LogP contribution in [0.2, 0.25) is 0 Å². The van der Waals surface area contributed by atoms with Gasteiger partial charge in [-0.15, -0.1) is 0 Å². The molecule has 2 aromatic rings. The zero-order valence-corrected chi connectivity index (χ0v) is 12.8. The summed E-state index contributed by atoms with van der Waals surface area (Å²) in [6, 6.07) is 4.97. The van der Waals surface area contributed by atoms with Crippen LogP contribution < -0.4 is 5.32 Å². The van der Waals surface area contributed by atoms with E-state index in [1.165, 1.54) is 46.4 Å². The molecule has 0 saturated carbocycles. The maximum atomic E-state index is 4.52. The lowest BCUT2D eigenvalue weighted by Gasteiger charge is -2.17. The highest BCUT2D eigenvalue weighted by Gasteiger charge is 2.24. The highest BCUT2D eigenvalue weighted by molar-refractivity contribution is 5.73. The molecule has 0 amide bonds. The van der Waals surface area contributed by atoms with Gasteiger partial charge < -0.3 is 5.32 Å². The largest absolute Gasteiger partial charge is 0.309 e. The summed E-state index contributed by atoms with van der Waals surface area (Å²) in [5, 5.41) is 8.12. The van der Waals surface area contributed by atoms with Crippen LogP contribution in [0, 0.1) is 20.8 Å². The average molecular weight is 269 g/mol. The molecule has 1 N–H and O–H groups in total. The van der Waals surface area contributed by atoms with E-state index in [9.17, 15) is 0 Å². The molecular weight excluding hydrogens is 246 g/mol. The van der Waals surface area contributed by atoms with Crippen LogP contribution in [-0.2, 0) is 7.05 Å². The molecule has 0 radical (unpaired) electrons. The number of nitrogens with one attached hydrogen (secondary N) is 1. The molecule has 1 saturated heterocycles. The minimum absolute atomic E-state index is 0.442. The van der Waals surface area contributed by atoms with Crippen molar-refractivity contribution in [2.45, 2.75) is 39.7 Å². The molecule has 1 aromatic carbocycles. The first-order chi connectivity index (χ1) is 9.58. The smallest absolute Gasteiger partial charge is 0.0628 e. The highest BCUT2D eigenvalue weighted by atomic mass is 15.3. The van der Waals surface area contributed by atoms with Gasteiger partial charge in [0.05, 0.1) is 11.9 Å². The molecule has 0 spiro atoms. The Hall–Kier alpha value is -1.61. The number of benzene rings is 1. The molecule has 106 valence electrons. The van der Waals surface area contributed by atoms with Crippen molar-refractivity contribution >= 4 is 0 Å². The molecule has 1 unspecified atom stereocenters. The third-order valence-electron chi connectivity index (χ3n) is 4.32. The molecule has 3 rings (SSSR count). The second-order valence-electron chi connectivity index (χ2n) is 5.99. The summed E-state index contributed by atoms with van der Waals surface area (Å²) >= 11 is 0. The van der Waals surface area contributed by atoms with Gasteiger partial charge in [-0.2, -0.15) is 5.10 Å². The summed E-state index contributed by atoms with van der Waals surface area (Å²) in [6.07, 6.45) is 4.48. The lowest BCUT2D eigenvalue weighted by atomic mass is 9.92. The predicted octanol–water partition coefficient (Wildman–Crippen LogP) is 3.44. The maximum absolute atomic E-state index is 4.52. The van der Waals surface area contributed by atoms with Crippen molar-refractivity contribution in [1.29, 1.82) is 0 Å². The minimum Gasteiger partial charge on any atom is -0.309 e. The van der Waals surface area contributed by atoms with E-state index in [2.05, 4.69) is 50.4 Å². The van der Waals surface area contributed by atoms with Gasteiger partial charge in [0, 0.05) is 18.7 Å². The molecule has 3 heteroatoms. The number of aromatic nitrogens is 2. The van der Waals surface area contributed by atoms with Gasteiger partial charge in [0.15, 0.2) is 0 Å². The van der Waals surface area contributed by atoms with Crippen LogP contribution in [0.3, 0.4) is 0 Å². The molecule has 1 atom stereocenters. The van der Waals surface area contributed by atoms with Crippen LogP contribution in [0.25, 0.3) is 11.1 Å². The standard InChI is InChI=1S/C17H23N3/c1-11-8-12(2)16(13(3)9-11)14-10-19-20(4)17(14)15-6-5-7-18-15/h8-10,15,18H,5-7H2,1-4H3. The summed E-state index contributed by atoms with van der Waals surface area (Å²) in [7, 11) is 2.05. The van der Waals surface area contributed by atoms with Crippen LogP contribution in [0.4, 0.5) is 0 Å². The van der Waals surface area contributed by atoms with Crippen LogP contribution in [0.5, 0.6) is 0 Å². The Balaban J connectivity index is 2.16. The van der Waals surface area contributed by atoms with E-state index in [0.717, 1.165) is 6.54 Å².